The molecule has 1 aromatic heterocycles. The summed E-state index contributed by atoms with van der Waals surface area (Å²) >= 11 is 0. The number of benzene rings is 2. The van der Waals surface area contributed by atoms with Crippen LogP contribution in [-0.2, 0) is 0 Å². The Labute approximate surface area is 141 Å². The van der Waals surface area contributed by atoms with Crippen LogP contribution < -0.4 is 16.2 Å². The molecule has 4 heteroatoms. The molecule has 1 heterocycles. The summed E-state index contributed by atoms with van der Waals surface area (Å²) in [6, 6.07) is 21.6. The van der Waals surface area contributed by atoms with Crippen molar-refractivity contribution in [2.45, 2.75) is 0 Å². The highest BCUT2D eigenvalue weighted by molar-refractivity contribution is 5.92. The molecule has 0 aliphatic carbocycles. The van der Waals surface area contributed by atoms with Gasteiger partial charge in [0.1, 0.15) is 17.4 Å². The van der Waals surface area contributed by atoms with Crippen LogP contribution in [-0.4, -0.2) is 12.1 Å². The minimum atomic E-state index is 0.395. The van der Waals surface area contributed by atoms with Gasteiger partial charge in [0, 0.05) is 0 Å². The van der Waals surface area contributed by atoms with E-state index in [4.69, 9.17) is 16.2 Å². The van der Waals surface area contributed by atoms with Crippen molar-refractivity contribution >= 4 is 23.3 Å². The van der Waals surface area contributed by atoms with E-state index >= 15 is 0 Å². The fraction of sp³-hybridized carbons (Fsp3) is 0.0500. The van der Waals surface area contributed by atoms with E-state index in [0.29, 0.717) is 11.6 Å². The molecule has 3 rings (SSSR count). The van der Waals surface area contributed by atoms with Gasteiger partial charge < -0.3 is 16.2 Å². The number of nitrogens with zero attached hydrogens (tertiary/aromatic N) is 1. The van der Waals surface area contributed by atoms with Crippen LogP contribution in [0.1, 0.15) is 16.7 Å². The zero-order valence-corrected chi connectivity index (χ0v) is 13.4. The molecular formula is C20H19N3O. The molecule has 0 aliphatic rings. The average molecular weight is 317 g/mol. The molecule has 0 saturated heterocycles. The number of anilines is 2. The van der Waals surface area contributed by atoms with Crippen molar-refractivity contribution < 1.29 is 4.74 Å². The van der Waals surface area contributed by atoms with E-state index in [-0.39, 0.29) is 0 Å². The van der Waals surface area contributed by atoms with E-state index < -0.39 is 0 Å². The molecule has 0 bridgehead atoms. The summed E-state index contributed by atoms with van der Waals surface area (Å²) in [5, 5.41) is 0. The van der Waals surface area contributed by atoms with Crippen molar-refractivity contribution in [3.63, 3.8) is 0 Å². The Morgan fingerprint density at radius 2 is 1.58 bits per heavy atom. The third-order valence-electron chi connectivity index (χ3n) is 3.67. The van der Waals surface area contributed by atoms with Gasteiger partial charge >= 0.3 is 0 Å². The summed E-state index contributed by atoms with van der Waals surface area (Å²) in [6.45, 7) is 0. The second kappa shape index (κ2) is 6.87. The van der Waals surface area contributed by atoms with Crippen molar-refractivity contribution in [3.8, 4) is 5.75 Å². The van der Waals surface area contributed by atoms with Gasteiger partial charge in [-0.3, -0.25) is 0 Å². The third-order valence-corrected chi connectivity index (χ3v) is 3.67. The van der Waals surface area contributed by atoms with E-state index in [1.807, 2.05) is 66.7 Å². The monoisotopic (exact) mass is 317 g/mol. The Hall–Kier alpha value is -3.27. The molecule has 24 heavy (non-hydrogen) atoms. The van der Waals surface area contributed by atoms with Crippen LogP contribution in [0.4, 0.5) is 11.6 Å². The van der Waals surface area contributed by atoms with Gasteiger partial charge in [-0.1, -0.05) is 42.5 Å². The van der Waals surface area contributed by atoms with E-state index in [0.717, 1.165) is 28.0 Å². The topological polar surface area (TPSA) is 74.2 Å². The first-order valence-corrected chi connectivity index (χ1v) is 7.60. The zero-order chi connectivity index (χ0) is 16.9. The van der Waals surface area contributed by atoms with Crippen molar-refractivity contribution in [2.75, 3.05) is 18.6 Å². The number of ether oxygens (including phenoxy) is 1. The third kappa shape index (κ3) is 3.55. The molecule has 0 unspecified atom stereocenters. The van der Waals surface area contributed by atoms with Crippen LogP contribution >= 0.6 is 0 Å². The van der Waals surface area contributed by atoms with Gasteiger partial charge in [0.15, 0.2) is 0 Å². The number of methoxy groups -OCH3 is 1. The highest BCUT2D eigenvalue weighted by Crippen LogP contribution is 2.30. The average Bonchev–Trinajstić information content (AvgIpc) is 2.60. The van der Waals surface area contributed by atoms with Gasteiger partial charge in [0.2, 0.25) is 0 Å². The van der Waals surface area contributed by atoms with Crippen molar-refractivity contribution in [2.24, 2.45) is 0 Å². The molecule has 4 nitrogen and oxygen atoms in total. The minimum Gasteiger partial charge on any atom is -0.497 e. The Morgan fingerprint density at radius 1 is 0.875 bits per heavy atom. The number of nitrogen functional groups attached to an aromatic ring is 2. The highest BCUT2D eigenvalue weighted by atomic mass is 16.5. The summed E-state index contributed by atoms with van der Waals surface area (Å²) in [7, 11) is 1.65. The summed E-state index contributed by atoms with van der Waals surface area (Å²) in [4.78, 5) is 4.05. The van der Waals surface area contributed by atoms with Crippen LogP contribution in [0, 0.1) is 0 Å². The number of hydrogen-bond donors (Lipinski definition) is 2. The smallest absolute Gasteiger partial charge is 0.126 e. The minimum absolute atomic E-state index is 0.395. The molecule has 0 aliphatic heterocycles. The number of nitrogens with two attached hydrogens (primary N) is 2. The molecule has 0 amide bonds. The second-order valence-electron chi connectivity index (χ2n) is 5.41. The lowest BCUT2D eigenvalue weighted by Gasteiger charge is -2.12. The van der Waals surface area contributed by atoms with Gasteiger partial charge in [0.05, 0.1) is 7.11 Å². The molecule has 4 N–H and O–H groups in total. The molecular weight excluding hydrogens is 298 g/mol. The fourth-order valence-electron chi connectivity index (χ4n) is 2.57. The SMILES string of the molecule is COc1cccc(/C(=C\c2ccccc2)c2cc(N)nc(N)c2)c1. The van der Waals surface area contributed by atoms with Crippen molar-refractivity contribution in [1.29, 1.82) is 0 Å². The largest absolute Gasteiger partial charge is 0.497 e. The molecule has 3 aromatic rings. The van der Waals surface area contributed by atoms with Crippen LogP contribution in [0.25, 0.3) is 11.6 Å². The van der Waals surface area contributed by atoms with Gasteiger partial charge in [-0.2, -0.15) is 0 Å². The summed E-state index contributed by atoms with van der Waals surface area (Å²) in [6.07, 6.45) is 2.10. The van der Waals surface area contributed by atoms with Gasteiger partial charge in [-0.25, -0.2) is 4.98 Å². The van der Waals surface area contributed by atoms with Crippen molar-refractivity contribution in [1.82, 2.24) is 4.98 Å². The highest BCUT2D eigenvalue weighted by Gasteiger charge is 2.09. The van der Waals surface area contributed by atoms with Gasteiger partial charge in [-0.15, -0.1) is 0 Å². The van der Waals surface area contributed by atoms with Crippen LogP contribution in [0.5, 0.6) is 5.75 Å². The maximum Gasteiger partial charge on any atom is 0.126 e. The normalized spacial score (nSPS) is 11.3. The Morgan fingerprint density at radius 3 is 2.25 bits per heavy atom. The van der Waals surface area contributed by atoms with E-state index in [1.165, 1.54) is 0 Å². The number of aromatic nitrogens is 1. The lowest BCUT2D eigenvalue weighted by Crippen LogP contribution is -1.99. The molecule has 2 aromatic carbocycles. The predicted octanol–water partition coefficient (Wildman–Crippen LogP) is 3.84. The van der Waals surface area contributed by atoms with Crippen LogP contribution in [0.3, 0.4) is 0 Å². The molecule has 0 saturated carbocycles. The van der Waals surface area contributed by atoms with Gasteiger partial charge in [-0.05, 0) is 52.6 Å². The van der Waals surface area contributed by atoms with Crippen molar-refractivity contribution in [3.05, 3.63) is 83.4 Å². The number of rotatable bonds is 4. The lowest BCUT2D eigenvalue weighted by atomic mass is 9.96. The fourth-order valence-corrected chi connectivity index (χ4v) is 2.57. The van der Waals surface area contributed by atoms with E-state index in [2.05, 4.69) is 11.1 Å². The van der Waals surface area contributed by atoms with E-state index in [9.17, 15) is 0 Å². The summed E-state index contributed by atoms with van der Waals surface area (Å²) in [5.74, 6) is 1.58. The second-order valence-corrected chi connectivity index (χ2v) is 5.41. The molecule has 0 atom stereocenters. The van der Waals surface area contributed by atoms with Crippen LogP contribution in [0.2, 0.25) is 0 Å². The lowest BCUT2D eigenvalue weighted by molar-refractivity contribution is 0.414. The first-order valence-electron chi connectivity index (χ1n) is 7.60. The first-order chi connectivity index (χ1) is 11.7. The first kappa shape index (κ1) is 15.6. The predicted molar refractivity (Wildman–Crippen MR) is 99.5 cm³/mol. The standard InChI is InChI=1S/C20H19N3O/c1-24-17-9-5-8-15(11-17)18(10-14-6-3-2-4-7-14)16-12-19(21)23-20(22)13-16/h2-13H,1H3,(H4,21,22,23)/b18-10+. The van der Waals surface area contributed by atoms with E-state index in [1.54, 1.807) is 7.11 Å². The quantitative estimate of drug-likeness (QED) is 0.717. The molecule has 120 valence electrons. The molecule has 0 fully saturated rings. The molecule has 0 spiro atoms. The zero-order valence-electron chi connectivity index (χ0n) is 13.4. The van der Waals surface area contributed by atoms with Crippen LogP contribution in [0.15, 0.2) is 66.7 Å². The molecule has 0 radical (unpaired) electrons. The summed E-state index contributed by atoms with van der Waals surface area (Å²) in [5.41, 5.74) is 15.8. The summed E-state index contributed by atoms with van der Waals surface area (Å²) < 4.78 is 5.35. The maximum atomic E-state index is 5.88. The maximum absolute atomic E-state index is 5.88. The Balaban J connectivity index is 2.18. The Kier molecular flexibility index (Phi) is 4.47. The number of hydrogen-bond acceptors (Lipinski definition) is 4. The Bertz CT molecular complexity index is 853. The van der Waals surface area contributed by atoms with Gasteiger partial charge in [0.25, 0.3) is 0 Å². The number of pyridine rings is 1.